The summed E-state index contributed by atoms with van der Waals surface area (Å²) in [6.07, 6.45) is 0.862. The minimum atomic E-state index is -3.57. The lowest BCUT2D eigenvalue weighted by molar-refractivity contribution is 0.601. The molecule has 2 aromatic rings. The van der Waals surface area contributed by atoms with Crippen LogP contribution in [0.2, 0.25) is 0 Å². The van der Waals surface area contributed by atoms with Crippen molar-refractivity contribution in [2.75, 3.05) is 16.6 Å². The third-order valence-electron chi connectivity index (χ3n) is 4.01. The molecule has 2 aromatic carbocycles. The van der Waals surface area contributed by atoms with Crippen molar-refractivity contribution < 1.29 is 8.42 Å². The first kappa shape index (κ1) is 14.9. The molecule has 1 aliphatic heterocycles. The Kier molecular flexibility index (Phi) is 3.60. The van der Waals surface area contributed by atoms with E-state index in [1.54, 1.807) is 12.1 Å². The number of hydrogen-bond donors (Lipinski definition) is 2. The topological polar surface area (TPSA) is 58.2 Å². The molecule has 0 bridgehead atoms. The lowest BCUT2D eigenvalue weighted by Crippen LogP contribution is -2.15. The highest BCUT2D eigenvalue weighted by atomic mass is 32.2. The van der Waals surface area contributed by atoms with E-state index in [0.717, 1.165) is 40.9 Å². The van der Waals surface area contributed by atoms with Gasteiger partial charge in [0.05, 0.1) is 10.6 Å². The fraction of sp³-hybridized carbons (Fsp3) is 0.294. The minimum Gasteiger partial charge on any atom is -0.384 e. The molecule has 1 aliphatic rings. The highest BCUT2D eigenvalue weighted by molar-refractivity contribution is 7.92. The normalized spacial score (nSPS) is 13.6. The van der Waals surface area contributed by atoms with E-state index < -0.39 is 10.0 Å². The number of hydrogen-bond acceptors (Lipinski definition) is 3. The zero-order valence-electron chi connectivity index (χ0n) is 13.0. The van der Waals surface area contributed by atoms with Gasteiger partial charge in [0.2, 0.25) is 0 Å². The minimum absolute atomic E-state index is 0.314. The number of rotatable bonds is 3. The van der Waals surface area contributed by atoms with Gasteiger partial charge < -0.3 is 5.32 Å². The van der Waals surface area contributed by atoms with Crippen LogP contribution in [-0.2, 0) is 16.4 Å². The Hall–Kier alpha value is -2.01. The molecular weight excluding hydrogens is 296 g/mol. The van der Waals surface area contributed by atoms with Crippen LogP contribution in [-0.4, -0.2) is 15.0 Å². The Morgan fingerprint density at radius 3 is 2.41 bits per heavy atom. The summed E-state index contributed by atoms with van der Waals surface area (Å²) in [4.78, 5) is 0.314. The SMILES string of the molecule is Cc1cc(C)c(NS(=O)(=O)c2ccc3c(c2)CCN3)c(C)c1. The average molecular weight is 316 g/mol. The van der Waals surface area contributed by atoms with Crippen molar-refractivity contribution in [1.29, 1.82) is 0 Å². The maximum atomic E-state index is 12.7. The van der Waals surface area contributed by atoms with Crippen LogP contribution in [0.25, 0.3) is 0 Å². The van der Waals surface area contributed by atoms with Crippen LogP contribution in [0.1, 0.15) is 22.3 Å². The van der Waals surface area contributed by atoms with Crippen molar-refractivity contribution in [3.8, 4) is 0 Å². The van der Waals surface area contributed by atoms with Crippen molar-refractivity contribution >= 4 is 21.4 Å². The van der Waals surface area contributed by atoms with Gasteiger partial charge in [-0.1, -0.05) is 17.7 Å². The maximum absolute atomic E-state index is 12.7. The van der Waals surface area contributed by atoms with Crippen molar-refractivity contribution in [2.45, 2.75) is 32.1 Å². The molecule has 0 fully saturated rings. The van der Waals surface area contributed by atoms with Crippen LogP contribution < -0.4 is 10.0 Å². The van der Waals surface area contributed by atoms with Crippen LogP contribution in [0, 0.1) is 20.8 Å². The summed E-state index contributed by atoms with van der Waals surface area (Å²) in [6.45, 7) is 6.71. The second-order valence-electron chi connectivity index (χ2n) is 5.87. The molecule has 0 atom stereocenters. The van der Waals surface area contributed by atoms with Crippen LogP contribution in [0.5, 0.6) is 0 Å². The summed E-state index contributed by atoms with van der Waals surface area (Å²) in [5.41, 5.74) is 5.75. The molecule has 2 N–H and O–H groups in total. The molecule has 5 heteroatoms. The molecular formula is C17H20N2O2S. The molecule has 22 heavy (non-hydrogen) atoms. The predicted molar refractivity (Wildman–Crippen MR) is 90.1 cm³/mol. The van der Waals surface area contributed by atoms with E-state index in [-0.39, 0.29) is 0 Å². The maximum Gasteiger partial charge on any atom is 0.261 e. The Morgan fingerprint density at radius 2 is 1.73 bits per heavy atom. The Morgan fingerprint density at radius 1 is 1.05 bits per heavy atom. The van der Waals surface area contributed by atoms with Crippen molar-refractivity contribution in [3.63, 3.8) is 0 Å². The van der Waals surface area contributed by atoms with Crippen molar-refractivity contribution in [2.24, 2.45) is 0 Å². The molecule has 0 amide bonds. The Balaban J connectivity index is 1.98. The number of anilines is 2. The Bertz CT molecular complexity index is 819. The third kappa shape index (κ3) is 2.68. The summed E-state index contributed by atoms with van der Waals surface area (Å²) in [6, 6.07) is 9.22. The van der Waals surface area contributed by atoms with Gasteiger partial charge in [-0.25, -0.2) is 8.42 Å². The van der Waals surface area contributed by atoms with Gasteiger partial charge in [0, 0.05) is 12.2 Å². The van der Waals surface area contributed by atoms with Gasteiger partial charge in [-0.2, -0.15) is 0 Å². The van der Waals surface area contributed by atoms with E-state index in [0.29, 0.717) is 10.6 Å². The van der Waals surface area contributed by atoms with Crippen LogP contribution in [0.4, 0.5) is 11.4 Å². The fourth-order valence-electron chi connectivity index (χ4n) is 2.98. The largest absolute Gasteiger partial charge is 0.384 e. The molecule has 3 rings (SSSR count). The molecule has 0 radical (unpaired) electrons. The molecule has 1 heterocycles. The van der Waals surface area contributed by atoms with Crippen LogP contribution >= 0.6 is 0 Å². The van der Waals surface area contributed by atoms with E-state index >= 15 is 0 Å². The van der Waals surface area contributed by atoms with Crippen LogP contribution in [0.3, 0.4) is 0 Å². The molecule has 0 unspecified atom stereocenters. The third-order valence-corrected chi connectivity index (χ3v) is 5.36. The summed E-state index contributed by atoms with van der Waals surface area (Å²) in [5, 5.41) is 3.24. The molecule has 0 saturated carbocycles. The zero-order chi connectivity index (χ0) is 15.9. The molecule has 116 valence electrons. The number of sulfonamides is 1. The van der Waals surface area contributed by atoms with Crippen molar-refractivity contribution in [1.82, 2.24) is 0 Å². The predicted octanol–water partition coefficient (Wildman–Crippen LogP) is 3.38. The van der Waals surface area contributed by atoms with Crippen LogP contribution in [0.15, 0.2) is 35.2 Å². The second-order valence-corrected chi connectivity index (χ2v) is 7.56. The second kappa shape index (κ2) is 5.32. The molecule has 4 nitrogen and oxygen atoms in total. The number of fused-ring (bicyclic) bond motifs is 1. The molecule has 0 aromatic heterocycles. The van der Waals surface area contributed by atoms with Gasteiger partial charge in [-0.05, 0) is 62.1 Å². The van der Waals surface area contributed by atoms with Gasteiger partial charge in [-0.15, -0.1) is 0 Å². The van der Waals surface area contributed by atoms with Gasteiger partial charge in [0.25, 0.3) is 10.0 Å². The summed E-state index contributed by atoms with van der Waals surface area (Å²) < 4.78 is 28.1. The first-order valence-electron chi connectivity index (χ1n) is 7.34. The average Bonchev–Trinajstić information content (AvgIpc) is 2.90. The van der Waals surface area contributed by atoms with Crippen molar-refractivity contribution in [3.05, 3.63) is 52.6 Å². The zero-order valence-corrected chi connectivity index (χ0v) is 13.8. The number of benzene rings is 2. The number of nitrogens with one attached hydrogen (secondary N) is 2. The van der Waals surface area contributed by atoms with E-state index in [2.05, 4.69) is 10.0 Å². The van der Waals surface area contributed by atoms with Gasteiger partial charge in [-0.3, -0.25) is 4.72 Å². The Labute approximate surface area is 131 Å². The summed E-state index contributed by atoms with van der Waals surface area (Å²) in [5.74, 6) is 0. The van der Waals surface area contributed by atoms with E-state index in [9.17, 15) is 8.42 Å². The first-order valence-corrected chi connectivity index (χ1v) is 8.82. The molecule has 0 saturated heterocycles. The first-order chi connectivity index (χ1) is 10.4. The van der Waals surface area contributed by atoms with Gasteiger partial charge >= 0.3 is 0 Å². The monoisotopic (exact) mass is 316 g/mol. The lowest BCUT2D eigenvalue weighted by Gasteiger charge is -2.15. The summed E-state index contributed by atoms with van der Waals surface area (Å²) >= 11 is 0. The highest BCUT2D eigenvalue weighted by Crippen LogP contribution is 2.28. The molecule has 0 spiro atoms. The molecule has 0 aliphatic carbocycles. The van der Waals surface area contributed by atoms with E-state index in [1.807, 2.05) is 39.0 Å². The quantitative estimate of drug-likeness (QED) is 0.912. The van der Waals surface area contributed by atoms with Gasteiger partial charge in [0.15, 0.2) is 0 Å². The van der Waals surface area contributed by atoms with E-state index in [4.69, 9.17) is 0 Å². The fourth-order valence-corrected chi connectivity index (χ4v) is 4.24. The summed E-state index contributed by atoms with van der Waals surface area (Å²) in [7, 11) is -3.57. The van der Waals surface area contributed by atoms with E-state index in [1.165, 1.54) is 0 Å². The highest BCUT2D eigenvalue weighted by Gasteiger charge is 2.19. The standard InChI is InChI=1S/C17H20N2O2S/c1-11-8-12(2)17(13(3)9-11)19-22(20,21)15-4-5-16-14(10-15)6-7-18-16/h4-5,8-10,18-19H,6-7H2,1-3H3. The smallest absolute Gasteiger partial charge is 0.261 e. The number of aryl methyl sites for hydroxylation is 3. The van der Waals surface area contributed by atoms with Gasteiger partial charge in [0.1, 0.15) is 0 Å². The lowest BCUT2D eigenvalue weighted by atomic mass is 10.1.